The van der Waals surface area contributed by atoms with Gasteiger partial charge in [-0.2, -0.15) is 0 Å². The molecule has 3 aromatic carbocycles. The number of nitrogens with one attached hydrogen (secondary N) is 2. The largest absolute Gasteiger partial charge is 0.495 e. The maximum atomic E-state index is 12.9. The lowest BCUT2D eigenvalue weighted by Gasteiger charge is -2.13. The van der Waals surface area contributed by atoms with Crippen LogP contribution < -0.4 is 24.8 Å². The first kappa shape index (κ1) is 28.2. The minimum atomic E-state index is -0.568. The number of hydrogen-bond donors (Lipinski definition) is 2. The average Bonchev–Trinajstić information content (AvgIpc) is 3.20. The number of ether oxygens (including phenoxy) is 3. The van der Waals surface area contributed by atoms with Crippen molar-refractivity contribution >= 4 is 52.2 Å². The zero-order chi connectivity index (χ0) is 28.6. The van der Waals surface area contributed by atoms with Crippen molar-refractivity contribution in [1.82, 2.24) is 4.90 Å². The third-order valence-corrected chi connectivity index (χ3v) is 6.64. The third kappa shape index (κ3) is 7.00. The van der Waals surface area contributed by atoms with Gasteiger partial charge in [0, 0.05) is 5.69 Å². The quantitative estimate of drug-likeness (QED) is 0.342. The van der Waals surface area contributed by atoms with Gasteiger partial charge in [0.2, 0.25) is 5.91 Å². The number of nitrogens with zero attached hydrogens (tertiary/aromatic N) is 1. The molecule has 0 saturated carbocycles. The average molecular weight is 562 g/mol. The number of amides is 4. The molecule has 2 N–H and O–H groups in total. The summed E-state index contributed by atoms with van der Waals surface area (Å²) in [5.41, 5.74) is 2.70. The number of carbonyl (C=O) groups excluding carboxylic acids is 4. The zero-order valence-electron chi connectivity index (χ0n) is 22.1. The SMILES string of the molecule is COc1ccccc1NC(=O)COc1ccc(/C=C2\SC(=O)N(CC(=O)Nc3ccc(C)cc3)C2=O)cc1OC. The highest BCUT2D eigenvalue weighted by Gasteiger charge is 2.36. The van der Waals surface area contributed by atoms with E-state index in [2.05, 4.69) is 10.6 Å². The van der Waals surface area contributed by atoms with Gasteiger partial charge in [-0.15, -0.1) is 0 Å². The number of para-hydroxylation sites is 2. The number of anilines is 2. The molecule has 10 nitrogen and oxygen atoms in total. The number of methoxy groups -OCH3 is 2. The zero-order valence-corrected chi connectivity index (χ0v) is 22.9. The van der Waals surface area contributed by atoms with Crippen LogP contribution in [-0.4, -0.2) is 55.2 Å². The summed E-state index contributed by atoms with van der Waals surface area (Å²) in [7, 11) is 2.96. The van der Waals surface area contributed by atoms with Crippen LogP contribution in [0.4, 0.5) is 16.2 Å². The summed E-state index contributed by atoms with van der Waals surface area (Å²) in [6.45, 7) is 1.25. The van der Waals surface area contributed by atoms with Crippen LogP contribution in [0.5, 0.6) is 17.2 Å². The fraction of sp³-hybridized carbons (Fsp3) is 0.172. The minimum Gasteiger partial charge on any atom is -0.495 e. The Kier molecular flexibility index (Phi) is 9.07. The number of carbonyl (C=O) groups is 4. The van der Waals surface area contributed by atoms with Crippen molar-refractivity contribution < 1.29 is 33.4 Å². The molecule has 0 radical (unpaired) electrons. The summed E-state index contributed by atoms with van der Waals surface area (Å²) < 4.78 is 16.3. The highest BCUT2D eigenvalue weighted by molar-refractivity contribution is 8.18. The first-order valence-electron chi connectivity index (χ1n) is 12.1. The predicted molar refractivity (Wildman–Crippen MR) is 153 cm³/mol. The van der Waals surface area contributed by atoms with E-state index in [-0.39, 0.29) is 11.5 Å². The van der Waals surface area contributed by atoms with E-state index in [1.54, 1.807) is 54.6 Å². The lowest BCUT2D eigenvalue weighted by Crippen LogP contribution is -2.36. The third-order valence-electron chi connectivity index (χ3n) is 5.74. The number of hydrogen-bond acceptors (Lipinski definition) is 8. The fourth-order valence-electron chi connectivity index (χ4n) is 3.74. The van der Waals surface area contributed by atoms with E-state index < -0.39 is 29.5 Å². The van der Waals surface area contributed by atoms with Crippen LogP contribution in [0.25, 0.3) is 6.08 Å². The summed E-state index contributed by atoms with van der Waals surface area (Å²) in [5.74, 6) is -0.275. The number of rotatable bonds is 10. The Morgan fingerprint density at radius 3 is 2.33 bits per heavy atom. The van der Waals surface area contributed by atoms with Gasteiger partial charge in [0.1, 0.15) is 12.3 Å². The Labute approximate surface area is 235 Å². The second-order valence-corrected chi connectivity index (χ2v) is 9.62. The Morgan fingerprint density at radius 1 is 0.875 bits per heavy atom. The van der Waals surface area contributed by atoms with Gasteiger partial charge in [-0.05, 0) is 66.7 Å². The van der Waals surface area contributed by atoms with Crippen molar-refractivity contribution in [2.45, 2.75) is 6.92 Å². The van der Waals surface area contributed by atoms with Crippen molar-refractivity contribution in [1.29, 1.82) is 0 Å². The molecule has 0 atom stereocenters. The van der Waals surface area contributed by atoms with E-state index in [9.17, 15) is 19.2 Å². The molecule has 4 rings (SSSR count). The van der Waals surface area contributed by atoms with E-state index in [1.165, 1.54) is 20.3 Å². The van der Waals surface area contributed by atoms with Crippen molar-refractivity contribution in [3.63, 3.8) is 0 Å². The monoisotopic (exact) mass is 561 g/mol. The second-order valence-electron chi connectivity index (χ2n) is 8.63. The van der Waals surface area contributed by atoms with Crippen LogP contribution in [0, 0.1) is 6.92 Å². The molecule has 40 heavy (non-hydrogen) atoms. The highest BCUT2D eigenvalue weighted by Crippen LogP contribution is 2.34. The molecule has 206 valence electrons. The van der Waals surface area contributed by atoms with Crippen LogP contribution in [-0.2, 0) is 14.4 Å². The predicted octanol–water partition coefficient (Wildman–Crippen LogP) is 4.70. The highest BCUT2D eigenvalue weighted by atomic mass is 32.2. The van der Waals surface area contributed by atoms with Gasteiger partial charge < -0.3 is 24.8 Å². The molecule has 1 fully saturated rings. The molecule has 4 amide bonds. The van der Waals surface area contributed by atoms with Crippen molar-refractivity contribution in [2.75, 3.05) is 38.0 Å². The molecular weight excluding hydrogens is 534 g/mol. The molecule has 0 unspecified atom stereocenters. The van der Waals surface area contributed by atoms with Gasteiger partial charge in [-0.3, -0.25) is 24.1 Å². The standard InChI is InChI=1S/C29H27N3O7S/c1-18-8-11-20(12-9-18)30-26(33)16-32-28(35)25(40-29(32)36)15-19-10-13-23(24(14-19)38-3)39-17-27(34)31-21-6-4-5-7-22(21)37-2/h4-15H,16-17H2,1-3H3,(H,30,33)(H,31,34)/b25-15-. The molecule has 0 spiro atoms. The normalized spacial score (nSPS) is 13.8. The van der Waals surface area contributed by atoms with E-state index in [1.807, 2.05) is 19.1 Å². The molecule has 11 heteroatoms. The van der Waals surface area contributed by atoms with Gasteiger partial charge in [0.15, 0.2) is 18.1 Å². The van der Waals surface area contributed by atoms with Gasteiger partial charge in [-0.25, -0.2) is 0 Å². The Morgan fingerprint density at radius 2 is 1.60 bits per heavy atom. The van der Waals surface area contributed by atoms with E-state index in [0.29, 0.717) is 34.2 Å². The maximum absolute atomic E-state index is 12.9. The summed E-state index contributed by atoms with van der Waals surface area (Å²) in [4.78, 5) is 51.2. The number of benzene rings is 3. The van der Waals surface area contributed by atoms with Gasteiger partial charge in [0.05, 0.1) is 24.8 Å². The first-order valence-corrected chi connectivity index (χ1v) is 12.9. The molecule has 1 heterocycles. The van der Waals surface area contributed by atoms with Crippen molar-refractivity contribution in [3.05, 3.63) is 82.8 Å². The van der Waals surface area contributed by atoms with Crippen LogP contribution in [0.3, 0.4) is 0 Å². The molecule has 1 aliphatic rings. The number of thioether (sulfide) groups is 1. The van der Waals surface area contributed by atoms with Crippen molar-refractivity contribution in [3.8, 4) is 17.2 Å². The molecular formula is C29H27N3O7S. The topological polar surface area (TPSA) is 123 Å². The summed E-state index contributed by atoms with van der Waals surface area (Å²) in [5, 5.41) is 4.87. The molecule has 0 bridgehead atoms. The van der Waals surface area contributed by atoms with Gasteiger partial charge >= 0.3 is 0 Å². The lowest BCUT2D eigenvalue weighted by molar-refractivity contribution is -0.127. The van der Waals surface area contributed by atoms with E-state index >= 15 is 0 Å². The smallest absolute Gasteiger partial charge is 0.294 e. The molecule has 0 aliphatic carbocycles. The van der Waals surface area contributed by atoms with Crippen molar-refractivity contribution in [2.24, 2.45) is 0 Å². The second kappa shape index (κ2) is 12.9. The van der Waals surface area contributed by atoms with Crippen LogP contribution in [0.1, 0.15) is 11.1 Å². The van der Waals surface area contributed by atoms with E-state index in [0.717, 1.165) is 22.2 Å². The summed E-state index contributed by atoms with van der Waals surface area (Å²) >= 11 is 0.746. The molecule has 3 aromatic rings. The number of aryl methyl sites for hydroxylation is 1. The van der Waals surface area contributed by atoms with Gasteiger partial charge in [-0.1, -0.05) is 35.9 Å². The first-order chi connectivity index (χ1) is 19.3. The Hall–Kier alpha value is -4.77. The lowest BCUT2D eigenvalue weighted by atomic mass is 10.2. The minimum absolute atomic E-state index is 0.167. The van der Waals surface area contributed by atoms with Gasteiger partial charge in [0.25, 0.3) is 17.1 Å². The molecule has 0 aromatic heterocycles. The van der Waals surface area contributed by atoms with Crippen LogP contribution in [0.15, 0.2) is 71.6 Å². The van der Waals surface area contributed by atoms with E-state index in [4.69, 9.17) is 14.2 Å². The Balaban J connectivity index is 1.38. The van der Waals surface area contributed by atoms with Crippen LogP contribution >= 0.6 is 11.8 Å². The summed E-state index contributed by atoms with van der Waals surface area (Å²) in [6.07, 6.45) is 1.53. The van der Waals surface area contributed by atoms with Crippen LogP contribution in [0.2, 0.25) is 0 Å². The fourth-order valence-corrected chi connectivity index (χ4v) is 4.58. The maximum Gasteiger partial charge on any atom is 0.294 e. The molecule has 1 saturated heterocycles. The number of imide groups is 1. The Bertz CT molecular complexity index is 1470. The summed E-state index contributed by atoms with van der Waals surface area (Å²) in [6, 6.07) is 19.1. The molecule has 1 aliphatic heterocycles.